The Bertz CT molecular complexity index is 681. The number of rotatable bonds is 1. The molecule has 0 bridgehead atoms. The molecule has 8 heteroatoms. The molecule has 0 atom stereocenters. The fourth-order valence-corrected chi connectivity index (χ4v) is 1.70. The van der Waals surface area contributed by atoms with Crippen LogP contribution in [0.15, 0.2) is 24.9 Å². The molecule has 0 radical (unpaired) electrons. The molecular formula is C9H6F3N5. The lowest BCUT2D eigenvalue weighted by molar-refractivity contribution is -0.141. The maximum absolute atomic E-state index is 12.4. The molecule has 0 aliphatic rings. The summed E-state index contributed by atoms with van der Waals surface area (Å²) in [5.41, 5.74) is 1.10. The number of halogens is 3. The number of hydrogen-bond donors (Lipinski definition) is 0. The van der Waals surface area contributed by atoms with Crippen molar-refractivity contribution in [2.45, 2.75) is 12.7 Å². The van der Waals surface area contributed by atoms with Crippen molar-refractivity contribution in [2.24, 2.45) is 0 Å². The van der Waals surface area contributed by atoms with Gasteiger partial charge in [-0.05, 0) is 0 Å². The van der Waals surface area contributed by atoms with Gasteiger partial charge in [0.05, 0.1) is 6.20 Å². The van der Waals surface area contributed by atoms with E-state index in [-0.39, 0.29) is 5.52 Å². The van der Waals surface area contributed by atoms with Crippen LogP contribution in [0.5, 0.6) is 0 Å². The van der Waals surface area contributed by atoms with Crippen LogP contribution in [0.25, 0.3) is 16.7 Å². The molecule has 0 fully saturated rings. The second-order valence-corrected chi connectivity index (χ2v) is 3.55. The van der Waals surface area contributed by atoms with Crippen molar-refractivity contribution in [2.75, 3.05) is 0 Å². The highest BCUT2D eigenvalue weighted by molar-refractivity contribution is 5.87. The van der Waals surface area contributed by atoms with Crippen LogP contribution in [0.4, 0.5) is 13.2 Å². The van der Waals surface area contributed by atoms with Gasteiger partial charge in [-0.15, -0.1) is 0 Å². The van der Waals surface area contributed by atoms with Crippen molar-refractivity contribution >= 4 is 16.7 Å². The van der Waals surface area contributed by atoms with E-state index < -0.39 is 12.7 Å². The summed E-state index contributed by atoms with van der Waals surface area (Å²) in [4.78, 5) is 8.01. The second-order valence-electron chi connectivity index (χ2n) is 3.55. The van der Waals surface area contributed by atoms with Crippen LogP contribution in [-0.4, -0.2) is 30.3 Å². The molecule has 3 aromatic rings. The standard InChI is InChI=1S/C9H6F3N5/c10-9(11,12)4-17-7-6(3-15-17)14-5-16-2-1-13-8(7)16/h1-3,5H,4H2. The molecule has 0 saturated carbocycles. The van der Waals surface area contributed by atoms with Gasteiger partial charge in [0, 0.05) is 12.4 Å². The summed E-state index contributed by atoms with van der Waals surface area (Å²) < 4.78 is 39.5. The van der Waals surface area contributed by atoms with Gasteiger partial charge in [0.25, 0.3) is 0 Å². The van der Waals surface area contributed by atoms with Gasteiger partial charge < -0.3 is 0 Å². The zero-order valence-corrected chi connectivity index (χ0v) is 8.39. The molecule has 88 valence electrons. The molecule has 0 unspecified atom stereocenters. The van der Waals surface area contributed by atoms with Gasteiger partial charge in [-0.2, -0.15) is 18.3 Å². The van der Waals surface area contributed by atoms with E-state index >= 15 is 0 Å². The molecule has 0 spiro atoms. The maximum atomic E-state index is 12.4. The van der Waals surface area contributed by atoms with Gasteiger partial charge in [0.1, 0.15) is 23.9 Å². The zero-order chi connectivity index (χ0) is 12.0. The highest BCUT2D eigenvalue weighted by atomic mass is 19.4. The zero-order valence-electron chi connectivity index (χ0n) is 8.39. The van der Waals surface area contributed by atoms with E-state index in [9.17, 15) is 13.2 Å². The fourth-order valence-electron chi connectivity index (χ4n) is 1.70. The molecule has 0 saturated heterocycles. The lowest BCUT2D eigenvalue weighted by atomic mass is 10.4. The molecule has 0 amide bonds. The van der Waals surface area contributed by atoms with Gasteiger partial charge in [0.15, 0.2) is 5.65 Å². The summed E-state index contributed by atoms with van der Waals surface area (Å²) in [6.07, 6.45) is 1.59. The van der Waals surface area contributed by atoms with E-state index in [2.05, 4.69) is 15.1 Å². The molecule has 3 aromatic heterocycles. The second kappa shape index (κ2) is 3.19. The highest BCUT2D eigenvalue weighted by Gasteiger charge is 2.29. The Morgan fingerprint density at radius 3 is 2.82 bits per heavy atom. The molecule has 3 rings (SSSR count). The van der Waals surface area contributed by atoms with Gasteiger partial charge >= 0.3 is 6.18 Å². The minimum atomic E-state index is -4.32. The lowest BCUT2D eigenvalue weighted by Gasteiger charge is -2.07. The SMILES string of the molecule is FC(F)(F)Cn1ncc2ncn3ccnc3c21. The van der Waals surface area contributed by atoms with E-state index in [1.54, 1.807) is 10.6 Å². The van der Waals surface area contributed by atoms with Crippen molar-refractivity contribution in [3.05, 3.63) is 24.9 Å². The third-order valence-corrected chi connectivity index (χ3v) is 2.35. The van der Waals surface area contributed by atoms with Crippen molar-refractivity contribution in [3.63, 3.8) is 0 Å². The Balaban J connectivity index is 2.28. The third kappa shape index (κ3) is 1.61. The monoisotopic (exact) mass is 241 g/mol. The normalized spacial score (nSPS) is 12.6. The first-order valence-corrected chi connectivity index (χ1v) is 4.74. The van der Waals surface area contributed by atoms with Gasteiger partial charge in [0.2, 0.25) is 0 Å². The number of fused-ring (bicyclic) bond motifs is 3. The van der Waals surface area contributed by atoms with Crippen LogP contribution in [0.3, 0.4) is 0 Å². The highest BCUT2D eigenvalue weighted by Crippen LogP contribution is 2.22. The van der Waals surface area contributed by atoms with E-state index in [4.69, 9.17) is 0 Å². The van der Waals surface area contributed by atoms with Crippen molar-refractivity contribution < 1.29 is 13.2 Å². The predicted octanol–water partition coefficient (Wildman–Crippen LogP) is 1.64. The van der Waals surface area contributed by atoms with Crippen LogP contribution < -0.4 is 0 Å². The minimum absolute atomic E-state index is 0.287. The van der Waals surface area contributed by atoms with E-state index in [0.717, 1.165) is 4.68 Å². The van der Waals surface area contributed by atoms with Crippen LogP contribution in [-0.2, 0) is 6.54 Å². The molecular weight excluding hydrogens is 235 g/mol. The molecule has 3 heterocycles. The summed E-state index contributed by atoms with van der Waals surface area (Å²) in [5.74, 6) is 0. The Morgan fingerprint density at radius 2 is 2.06 bits per heavy atom. The third-order valence-electron chi connectivity index (χ3n) is 2.35. The summed E-state index contributed by atoms with van der Waals surface area (Å²) in [6.45, 7) is -1.15. The number of nitrogens with zero attached hydrogens (tertiary/aromatic N) is 5. The first-order valence-electron chi connectivity index (χ1n) is 4.74. The number of imidazole rings is 1. The van der Waals surface area contributed by atoms with Crippen LogP contribution >= 0.6 is 0 Å². The van der Waals surface area contributed by atoms with Gasteiger partial charge in [-0.1, -0.05) is 0 Å². The summed E-state index contributed by atoms with van der Waals surface area (Å²) >= 11 is 0. The first kappa shape index (κ1) is 10.1. The Hall–Kier alpha value is -2.12. The minimum Gasteiger partial charge on any atom is -0.289 e. The molecule has 5 nitrogen and oxygen atoms in total. The van der Waals surface area contributed by atoms with E-state index in [0.29, 0.717) is 11.2 Å². The summed E-state index contributed by atoms with van der Waals surface area (Å²) in [6, 6.07) is 0. The summed E-state index contributed by atoms with van der Waals surface area (Å²) in [5, 5.41) is 3.69. The number of alkyl halides is 3. The average molecular weight is 241 g/mol. The van der Waals surface area contributed by atoms with E-state index in [1.807, 2.05) is 0 Å². The largest absolute Gasteiger partial charge is 0.408 e. The first-order chi connectivity index (χ1) is 8.04. The number of hydrogen-bond acceptors (Lipinski definition) is 3. The molecule has 0 aromatic carbocycles. The average Bonchev–Trinajstić information content (AvgIpc) is 2.80. The quantitative estimate of drug-likeness (QED) is 0.650. The van der Waals surface area contributed by atoms with Crippen LogP contribution in [0.2, 0.25) is 0 Å². The smallest absolute Gasteiger partial charge is 0.289 e. The molecule has 0 N–H and O–H groups in total. The lowest BCUT2D eigenvalue weighted by Crippen LogP contribution is -2.18. The van der Waals surface area contributed by atoms with Crippen LogP contribution in [0.1, 0.15) is 0 Å². The van der Waals surface area contributed by atoms with Crippen molar-refractivity contribution in [1.82, 2.24) is 24.1 Å². The van der Waals surface area contributed by atoms with Crippen LogP contribution in [0, 0.1) is 0 Å². The Labute approximate surface area is 92.5 Å². The van der Waals surface area contributed by atoms with Crippen molar-refractivity contribution in [3.8, 4) is 0 Å². The topological polar surface area (TPSA) is 48.0 Å². The molecule has 0 aliphatic heterocycles. The summed E-state index contributed by atoms with van der Waals surface area (Å²) in [7, 11) is 0. The number of aromatic nitrogens is 5. The molecule has 17 heavy (non-hydrogen) atoms. The van der Waals surface area contributed by atoms with Crippen molar-refractivity contribution in [1.29, 1.82) is 0 Å². The Kier molecular flexibility index (Phi) is 1.89. The van der Waals surface area contributed by atoms with Gasteiger partial charge in [-0.25, -0.2) is 9.97 Å². The molecule has 0 aliphatic carbocycles. The fraction of sp³-hybridized carbons (Fsp3) is 0.222. The maximum Gasteiger partial charge on any atom is 0.408 e. The van der Waals surface area contributed by atoms with E-state index in [1.165, 1.54) is 18.7 Å². The predicted molar refractivity (Wildman–Crippen MR) is 52.3 cm³/mol. The van der Waals surface area contributed by atoms with Gasteiger partial charge in [-0.3, -0.25) is 9.08 Å². The Morgan fingerprint density at radius 1 is 1.24 bits per heavy atom.